The van der Waals surface area contributed by atoms with Crippen LogP contribution in [0, 0.1) is 0 Å². The van der Waals surface area contributed by atoms with Crippen molar-refractivity contribution in [3.63, 3.8) is 0 Å². The van der Waals surface area contributed by atoms with E-state index in [0.717, 1.165) is 15.1 Å². The second-order valence-electron chi connectivity index (χ2n) is 3.56. The quantitative estimate of drug-likeness (QED) is 0.882. The lowest BCUT2D eigenvalue weighted by atomic mass is 10.1. The highest BCUT2D eigenvalue weighted by Gasteiger charge is 2.02. The molecule has 0 aliphatic heterocycles. The normalized spacial score (nSPS) is 14.1. The van der Waals surface area contributed by atoms with Gasteiger partial charge in [-0.3, -0.25) is 0 Å². The number of benzene rings is 1. The molecule has 0 fully saturated rings. The van der Waals surface area contributed by atoms with Crippen LogP contribution in [0.3, 0.4) is 0 Å². The third kappa shape index (κ3) is 3.63. The lowest BCUT2D eigenvalue weighted by molar-refractivity contribution is 0.696. The van der Waals surface area contributed by atoms with Crippen molar-refractivity contribution in [3.05, 3.63) is 38.8 Å². The van der Waals surface area contributed by atoms with Crippen molar-refractivity contribution in [2.45, 2.75) is 19.9 Å². The van der Waals surface area contributed by atoms with Crippen LogP contribution < -0.4 is 5.32 Å². The number of halogens is 2. The molecule has 1 atom stereocenters. The zero-order chi connectivity index (χ0) is 11.4. The average Bonchev–Trinajstić information content (AvgIpc) is 2.20. The van der Waals surface area contributed by atoms with Crippen LogP contribution in [0.4, 0.5) is 0 Å². The largest absolute Gasteiger partial charge is 0.314 e. The topological polar surface area (TPSA) is 12.0 Å². The molecule has 0 saturated heterocycles. The van der Waals surface area contributed by atoms with Gasteiger partial charge in [0, 0.05) is 15.5 Å². The molecule has 1 N–H and O–H groups in total. The summed E-state index contributed by atoms with van der Waals surface area (Å²) < 4.78 is 1.03. The van der Waals surface area contributed by atoms with Gasteiger partial charge in [-0.25, -0.2) is 0 Å². The number of likely N-dealkylation sites (N-methyl/N-ethyl adjacent to an activating group) is 1. The summed E-state index contributed by atoms with van der Waals surface area (Å²) in [4.78, 5) is 0. The van der Waals surface area contributed by atoms with Crippen molar-refractivity contribution in [3.8, 4) is 0 Å². The molecular formula is C12H15BrClN. The van der Waals surface area contributed by atoms with Gasteiger partial charge >= 0.3 is 0 Å². The molecule has 0 radical (unpaired) electrons. The smallest absolute Gasteiger partial charge is 0.0417 e. The maximum atomic E-state index is 5.88. The fraction of sp³-hybridized carbons (Fsp3) is 0.333. The van der Waals surface area contributed by atoms with Crippen molar-refractivity contribution in [2.24, 2.45) is 0 Å². The minimum atomic E-state index is 0.382. The van der Waals surface area contributed by atoms with E-state index in [-0.39, 0.29) is 0 Å². The van der Waals surface area contributed by atoms with Gasteiger partial charge in [-0.2, -0.15) is 0 Å². The maximum Gasteiger partial charge on any atom is 0.0417 e. The van der Waals surface area contributed by atoms with Gasteiger partial charge in [0.15, 0.2) is 0 Å². The second-order valence-corrected chi connectivity index (χ2v) is 4.86. The van der Waals surface area contributed by atoms with Gasteiger partial charge in [0.05, 0.1) is 0 Å². The molecule has 0 heterocycles. The lowest BCUT2D eigenvalue weighted by Gasteiger charge is -2.11. The highest BCUT2D eigenvalue weighted by Crippen LogP contribution is 2.24. The van der Waals surface area contributed by atoms with E-state index in [4.69, 9.17) is 11.6 Å². The number of rotatable bonds is 3. The van der Waals surface area contributed by atoms with Crippen LogP contribution in [-0.2, 0) is 0 Å². The van der Waals surface area contributed by atoms with Crippen LogP contribution in [0.1, 0.15) is 19.4 Å². The van der Waals surface area contributed by atoms with Gasteiger partial charge in [-0.05, 0) is 38.6 Å². The highest BCUT2D eigenvalue weighted by atomic mass is 79.9. The third-order valence-corrected chi connectivity index (χ3v) is 3.38. The van der Waals surface area contributed by atoms with E-state index < -0.39 is 0 Å². The van der Waals surface area contributed by atoms with Crippen molar-refractivity contribution in [2.75, 3.05) is 7.05 Å². The zero-order valence-electron chi connectivity index (χ0n) is 9.14. The molecule has 3 heteroatoms. The third-order valence-electron chi connectivity index (χ3n) is 2.46. The fourth-order valence-corrected chi connectivity index (χ4v) is 2.01. The predicted octanol–water partition coefficient (Wildman–Crippen LogP) is 4.11. The summed E-state index contributed by atoms with van der Waals surface area (Å²) in [7, 11) is 1.96. The molecule has 1 aromatic carbocycles. The molecule has 0 spiro atoms. The van der Waals surface area contributed by atoms with Gasteiger partial charge in [0.1, 0.15) is 0 Å². The SMILES string of the molecule is CNC(C)/C(C)=C/c1ccc(Cl)cc1Br. The van der Waals surface area contributed by atoms with Gasteiger partial charge in [0.25, 0.3) is 0 Å². The van der Waals surface area contributed by atoms with E-state index in [1.807, 2.05) is 25.2 Å². The van der Waals surface area contributed by atoms with E-state index in [1.165, 1.54) is 5.57 Å². The van der Waals surface area contributed by atoms with E-state index in [2.05, 4.69) is 41.2 Å². The summed E-state index contributed by atoms with van der Waals surface area (Å²) in [5, 5.41) is 3.95. The number of hydrogen-bond acceptors (Lipinski definition) is 1. The summed E-state index contributed by atoms with van der Waals surface area (Å²) >= 11 is 9.38. The van der Waals surface area contributed by atoms with Crippen molar-refractivity contribution >= 4 is 33.6 Å². The molecule has 0 aliphatic rings. The first-order valence-electron chi connectivity index (χ1n) is 4.85. The summed E-state index contributed by atoms with van der Waals surface area (Å²) in [6.07, 6.45) is 2.15. The minimum absolute atomic E-state index is 0.382. The molecule has 82 valence electrons. The number of hydrogen-bond donors (Lipinski definition) is 1. The molecule has 0 amide bonds. The number of nitrogens with one attached hydrogen (secondary N) is 1. The summed E-state index contributed by atoms with van der Waals surface area (Å²) in [6.45, 7) is 4.25. The van der Waals surface area contributed by atoms with Gasteiger partial charge in [-0.1, -0.05) is 45.2 Å². The van der Waals surface area contributed by atoms with Crippen LogP contribution >= 0.6 is 27.5 Å². The molecule has 1 aromatic rings. The van der Waals surface area contributed by atoms with Crippen LogP contribution in [0.2, 0.25) is 5.02 Å². The first-order chi connectivity index (χ1) is 7.04. The first-order valence-corrected chi connectivity index (χ1v) is 6.02. The Morgan fingerprint density at radius 2 is 2.20 bits per heavy atom. The molecule has 1 rings (SSSR count). The Kier molecular flexibility index (Phi) is 4.84. The Bertz CT molecular complexity index is 374. The van der Waals surface area contributed by atoms with Crippen molar-refractivity contribution in [1.29, 1.82) is 0 Å². The van der Waals surface area contributed by atoms with E-state index in [1.54, 1.807) is 0 Å². The van der Waals surface area contributed by atoms with E-state index in [0.29, 0.717) is 6.04 Å². The molecule has 0 aliphatic carbocycles. The van der Waals surface area contributed by atoms with Crippen LogP contribution in [0.15, 0.2) is 28.2 Å². The summed E-state index contributed by atoms with van der Waals surface area (Å²) in [5.74, 6) is 0. The molecule has 1 unspecified atom stereocenters. The first kappa shape index (κ1) is 12.8. The fourth-order valence-electron chi connectivity index (χ4n) is 1.22. The molecule has 0 aromatic heterocycles. The second kappa shape index (κ2) is 5.69. The van der Waals surface area contributed by atoms with Crippen LogP contribution in [-0.4, -0.2) is 13.1 Å². The predicted molar refractivity (Wildman–Crippen MR) is 71.3 cm³/mol. The Hall–Kier alpha value is -0.310. The monoisotopic (exact) mass is 287 g/mol. The molecule has 0 saturated carbocycles. The zero-order valence-corrected chi connectivity index (χ0v) is 11.5. The Balaban J connectivity index is 2.98. The molecular weight excluding hydrogens is 273 g/mol. The molecule has 15 heavy (non-hydrogen) atoms. The van der Waals surface area contributed by atoms with E-state index >= 15 is 0 Å². The minimum Gasteiger partial charge on any atom is -0.314 e. The Labute approximate surface area is 105 Å². The maximum absolute atomic E-state index is 5.88. The average molecular weight is 289 g/mol. The summed E-state index contributed by atoms with van der Waals surface area (Å²) in [5.41, 5.74) is 2.44. The van der Waals surface area contributed by atoms with E-state index in [9.17, 15) is 0 Å². The van der Waals surface area contributed by atoms with Gasteiger partial charge in [-0.15, -0.1) is 0 Å². The Morgan fingerprint density at radius 1 is 1.53 bits per heavy atom. The highest BCUT2D eigenvalue weighted by molar-refractivity contribution is 9.10. The van der Waals surface area contributed by atoms with Crippen LogP contribution in [0.25, 0.3) is 6.08 Å². The standard InChI is InChI=1S/C12H15BrClN/c1-8(9(2)15-3)6-10-4-5-11(14)7-12(10)13/h4-7,9,15H,1-3H3/b8-6+. The van der Waals surface area contributed by atoms with Crippen LogP contribution in [0.5, 0.6) is 0 Å². The lowest BCUT2D eigenvalue weighted by Crippen LogP contribution is -2.21. The molecule has 1 nitrogen and oxygen atoms in total. The molecule has 0 bridgehead atoms. The van der Waals surface area contributed by atoms with Gasteiger partial charge in [0.2, 0.25) is 0 Å². The summed E-state index contributed by atoms with van der Waals surface area (Å²) in [6, 6.07) is 6.20. The van der Waals surface area contributed by atoms with Crippen molar-refractivity contribution in [1.82, 2.24) is 5.32 Å². The Morgan fingerprint density at radius 3 is 2.73 bits per heavy atom. The van der Waals surface area contributed by atoms with Crippen molar-refractivity contribution < 1.29 is 0 Å². The van der Waals surface area contributed by atoms with Gasteiger partial charge < -0.3 is 5.32 Å².